The van der Waals surface area contributed by atoms with Crippen molar-refractivity contribution in [3.05, 3.63) is 29.8 Å². The van der Waals surface area contributed by atoms with Gasteiger partial charge in [-0.3, -0.25) is 9.59 Å². The molecule has 2 rings (SSSR count). The number of carboxylic acids is 1. The summed E-state index contributed by atoms with van der Waals surface area (Å²) in [4.78, 5) is 37.1. The number of nitrogens with one attached hydrogen (secondary N) is 1. The van der Waals surface area contributed by atoms with Crippen molar-refractivity contribution in [2.24, 2.45) is 5.73 Å². The molecule has 1 aromatic rings. The third-order valence-electron chi connectivity index (χ3n) is 4.35. The van der Waals surface area contributed by atoms with Gasteiger partial charge in [0.1, 0.15) is 17.8 Å². The Kier molecular flexibility index (Phi) is 6.53. The molecule has 0 spiro atoms. The average molecular weight is 365 g/mol. The average Bonchev–Trinajstić information content (AvgIpc) is 3.10. The summed E-state index contributed by atoms with van der Waals surface area (Å²) in [6, 6.07) is 3.04. The van der Waals surface area contributed by atoms with E-state index in [1.54, 1.807) is 12.1 Å². The van der Waals surface area contributed by atoms with Crippen LogP contribution >= 0.6 is 0 Å². The molecule has 1 aromatic carbocycles. The van der Waals surface area contributed by atoms with Gasteiger partial charge < -0.3 is 31.3 Å². The van der Waals surface area contributed by atoms with E-state index in [-0.39, 0.29) is 18.7 Å². The zero-order valence-electron chi connectivity index (χ0n) is 14.2. The maximum atomic E-state index is 12.5. The Morgan fingerprint density at radius 2 is 1.92 bits per heavy atom. The van der Waals surface area contributed by atoms with Crippen LogP contribution in [0.3, 0.4) is 0 Å². The van der Waals surface area contributed by atoms with Gasteiger partial charge >= 0.3 is 5.97 Å². The van der Waals surface area contributed by atoms with Crippen molar-refractivity contribution in [2.45, 2.75) is 37.4 Å². The lowest BCUT2D eigenvalue weighted by Gasteiger charge is -2.27. The minimum atomic E-state index is -1.24. The number of aliphatic carboxylic acids is 1. The minimum Gasteiger partial charge on any atom is -0.508 e. The first kappa shape index (κ1) is 19.7. The third-order valence-corrected chi connectivity index (χ3v) is 4.35. The zero-order chi connectivity index (χ0) is 19.3. The highest BCUT2D eigenvalue weighted by Gasteiger charge is 2.37. The molecule has 1 saturated heterocycles. The summed E-state index contributed by atoms with van der Waals surface area (Å²) in [6.45, 7) is -0.388. The SMILES string of the molecule is NC(Cc1ccc(O)cc1)C(=O)NC(CO)C(=O)N1CCCC1C(=O)O. The Hall–Kier alpha value is -2.65. The molecule has 0 saturated carbocycles. The number of nitrogens with zero attached hydrogens (tertiary/aromatic N) is 1. The van der Waals surface area contributed by atoms with Crippen LogP contribution in [0.1, 0.15) is 18.4 Å². The van der Waals surface area contributed by atoms with Crippen LogP contribution < -0.4 is 11.1 Å². The highest BCUT2D eigenvalue weighted by molar-refractivity contribution is 5.92. The van der Waals surface area contributed by atoms with Crippen LogP contribution in [0, 0.1) is 0 Å². The maximum absolute atomic E-state index is 12.5. The lowest BCUT2D eigenvalue weighted by Crippen LogP contribution is -2.56. The number of benzene rings is 1. The Morgan fingerprint density at radius 3 is 2.50 bits per heavy atom. The topological polar surface area (TPSA) is 153 Å². The van der Waals surface area contributed by atoms with Crippen LogP contribution in [0.2, 0.25) is 0 Å². The maximum Gasteiger partial charge on any atom is 0.326 e. The molecule has 1 aliphatic heterocycles. The molecule has 142 valence electrons. The predicted molar refractivity (Wildman–Crippen MR) is 91.2 cm³/mol. The van der Waals surface area contributed by atoms with E-state index in [1.165, 1.54) is 12.1 Å². The summed E-state index contributed by atoms with van der Waals surface area (Å²) in [6.07, 6.45) is 1.07. The van der Waals surface area contributed by atoms with Gasteiger partial charge in [0.15, 0.2) is 0 Å². The summed E-state index contributed by atoms with van der Waals surface area (Å²) in [7, 11) is 0. The quantitative estimate of drug-likeness (QED) is 0.407. The number of aromatic hydroxyl groups is 1. The molecular weight excluding hydrogens is 342 g/mol. The van der Waals surface area contributed by atoms with Crippen LogP contribution in [0.5, 0.6) is 5.75 Å². The Balaban J connectivity index is 1.97. The Labute approximate surface area is 150 Å². The fourth-order valence-corrected chi connectivity index (χ4v) is 2.93. The van der Waals surface area contributed by atoms with Crippen LogP contribution in [0.4, 0.5) is 0 Å². The van der Waals surface area contributed by atoms with Gasteiger partial charge in [-0.05, 0) is 37.0 Å². The van der Waals surface area contributed by atoms with E-state index >= 15 is 0 Å². The van der Waals surface area contributed by atoms with Crippen molar-refractivity contribution < 1.29 is 29.7 Å². The Bertz CT molecular complexity index is 663. The first-order valence-electron chi connectivity index (χ1n) is 8.31. The molecule has 0 aliphatic carbocycles. The third kappa shape index (κ3) is 4.70. The van der Waals surface area contributed by atoms with Gasteiger partial charge in [-0.25, -0.2) is 4.79 Å². The molecular formula is C17H23N3O6. The molecule has 0 radical (unpaired) electrons. The lowest BCUT2D eigenvalue weighted by atomic mass is 10.1. The number of hydrogen-bond acceptors (Lipinski definition) is 6. The van der Waals surface area contributed by atoms with Crippen molar-refractivity contribution >= 4 is 17.8 Å². The summed E-state index contributed by atoms with van der Waals surface area (Å²) in [5.74, 6) is -2.28. The van der Waals surface area contributed by atoms with Crippen molar-refractivity contribution in [3.63, 3.8) is 0 Å². The van der Waals surface area contributed by atoms with Gasteiger partial charge in [0, 0.05) is 6.54 Å². The van der Waals surface area contributed by atoms with Crippen molar-refractivity contribution in [3.8, 4) is 5.75 Å². The molecule has 1 fully saturated rings. The molecule has 26 heavy (non-hydrogen) atoms. The van der Waals surface area contributed by atoms with Gasteiger partial charge in [-0.15, -0.1) is 0 Å². The molecule has 1 heterocycles. The van der Waals surface area contributed by atoms with Crippen LogP contribution in [0.25, 0.3) is 0 Å². The number of phenols is 1. The second-order valence-electron chi connectivity index (χ2n) is 6.25. The largest absolute Gasteiger partial charge is 0.508 e. The van der Waals surface area contributed by atoms with Gasteiger partial charge in [0.2, 0.25) is 11.8 Å². The summed E-state index contributed by atoms with van der Waals surface area (Å²) in [5.41, 5.74) is 6.57. The van der Waals surface area contributed by atoms with Crippen molar-refractivity contribution in [1.29, 1.82) is 0 Å². The first-order chi connectivity index (χ1) is 12.3. The highest BCUT2D eigenvalue weighted by Crippen LogP contribution is 2.18. The number of rotatable bonds is 7. The van der Waals surface area contributed by atoms with E-state index in [2.05, 4.69) is 5.32 Å². The number of aliphatic hydroxyl groups excluding tert-OH is 1. The monoisotopic (exact) mass is 365 g/mol. The van der Waals surface area contributed by atoms with Crippen LogP contribution in [-0.4, -0.2) is 69.3 Å². The second-order valence-corrected chi connectivity index (χ2v) is 6.25. The Morgan fingerprint density at radius 1 is 1.27 bits per heavy atom. The molecule has 1 aliphatic rings. The van der Waals surface area contributed by atoms with Crippen molar-refractivity contribution in [1.82, 2.24) is 10.2 Å². The van der Waals surface area contributed by atoms with E-state index in [4.69, 9.17) is 10.8 Å². The molecule has 0 bridgehead atoms. The standard InChI is InChI=1S/C17H23N3O6/c18-12(8-10-3-5-11(22)6-4-10)15(23)19-13(9-21)16(24)20-7-1-2-14(20)17(25)26/h3-6,12-14,21-22H,1-2,7-9,18H2,(H,19,23)(H,25,26). The fraction of sp³-hybridized carbons (Fsp3) is 0.471. The molecule has 6 N–H and O–H groups in total. The number of carboxylic acid groups (broad SMARTS) is 1. The van der Waals surface area contributed by atoms with Crippen molar-refractivity contribution in [2.75, 3.05) is 13.2 Å². The smallest absolute Gasteiger partial charge is 0.326 e. The normalized spacial score (nSPS) is 19.0. The number of amides is 2. The number of likely N-dealkylation sites (tertiary alicyclic amines) is 1. The molecule has 3 atom stereocenters. The summed E-state index contributed by atoms with van der Waals surface area (Å²) < 4.78 is 0. The van der Waals surface area contributed by atoms with Gasteiger partial charge in [0.25, 0.3) is 0 Å². The number of nitrogens with two attached hydrogens (primary N) is 1. The lowest BCUT2D eigenvalue weighted by molar-refractivity contribution is -0.149. The number of carbonyl (C=O) groups is 3. The summed E-state index contributed by atoms with van der Waals surface area (Å²) in [5, 5.41) is 30.3. The van der Waals surface area contributed by atoms with E-state index in [0.717, 1.165) is 10.5 Å². The summed E-state index contributed by atoms with van der Waals surface area (Å²) >= 11 is 0. The van der Waals surface area contributed by atoms with E-state index in [1.807, 2.05) is 0 Å². The van der Waals surface area contributed by atoms with E-state index < -0.39 is 42.5 Å². The van der Waals surface area contributed by atoms with Gasteiger partial charge in [0.05, 0.1) is 12.6 Å². The predicted octanol–water partition coefficient (Wildman–Crippen LogP) is -1.19. The number of hydrogen-bond donors (Lipinski definition) is 5. The van der Waals surface area contributed by atoms with Crippen LogP contribution in [0.15, 0.2) is 24.3 Å². The minimum absolute atomic E-state index is 0.0938. The van der Waals surface area contributed by atoms with Crippen LogP contribution in [-0.2, 0) is 20.8 Å². The molecule has 9 heteroatoms. The molecule has 2 amide bonds. The highest BCUT2D eigenvalue weighted by atomic mass is 16.4. The fourth-order valence-electron chi connectivity index (χ4n) is 2.93. The first-order valence-corrected chi connectivity index (χ1v) is 8.31. The van der Waals surface area contributed by atoms with E-state index in [9.17, 15) is 24.6 Å². The molecule has 9 nitrogen and oxygen atoms in total. The number of aliphatic hydroxyl groups is 1. The number of carbonyl (C=O) groups excluding carboxylic acids is 2. The molecule has 0 aromatic heterocycles. The zero-order valence-corrected chi connectivity index (χ0v) is 14.2. The molecule has 3 unspecified atom stereocenters. The van der Waals surface area contributed by atoms with Gasteiger partial charge in [-0.1, -0.05) is 12.1 Å². The second kappa shape index (κ2) is 8.63. The van der Waals surface area contributed by atoms with Gasteiger partial charge in [-0.2, -0.15) is 0 Å². The number of phenolic OH excluding ortho intramolecular Hbond substituents is 1. The van der Waals surface area contributed by atoms with E-state index in [0.29, 0.717) is 12.8 Å².